The molecule has 0 radical (unpaired) electrons. The van der Waals surface area contributed by atoms with Gasteiger partial charge in [-0.25, -0.2) is 0 Å². The number of hydrogen-bond donors (Lipinski definition) is 0. The maximum atomic E-state index is 2.51. The minimum Gasteiger partial charge on any atom is -0.377 e. The number of hydrogen-bond acceptors (Lipinski definition) is 1. The Morgan fingerprint density at radius 2 is 1.62 bits per heavy atom. The van der Waals surface area contributed by atoms with Crippen molar-refractivity contribution in [2.45, 2.75) is 54.4 Å². The monoisotopic (exact) mass is 223 g/mol. The molecule has 0 atom stereocenters. The van der Waals surface area contributed by atoms with Crippen molar-refractivity contribution in [1.29, 1.82) is 0 Å². The average molecular weight is 223 g/mol. The molecule has 0 saturated heterocycles. The molecule has 1 aliphatic rings. The van der Waals surface area contributed by atoms with Crippen molar-refractivity contribution < 1.29 is 0 Å². The second-order valence-electron chi connectivity index (χ2n) is 6.74. The molecule has 0 fully saturated rings. The smallest absolute Gasteiger partial charge is 0.0223 e. The van der Waals surface area contributed by atoms with Gasteiger partial charge >= 0.3 is 0 Å². The maximum Gasteiger partial charge on any atom is 0.0223 e. The molecule has 1 heteroatoms. The van der Waals surface area contributed by atoms with Gasteiger partial charge in [-0.05, 0) is 35.7 Å². The predicted octanol–water partition coefficient (Wildman–Crippen LogP) is 4.30. The standard InChI is InChI=1S/C15H29N/c1-11(2)13-8-9-15(5,6)10-16(7)14(13)12(3)4/h11-12H,8-10H2,1-7H3. The average Bonchev–Trinajstić information content (AvgIpc) is 2.19. The molecular weight excluding hydrogens is 194 g/mol. The summed E-state index contributed by atoms with van der Waals surface area (Å²) in [5.74, 6) is 1.34. The van der Waals surface area contributed by atoms with Gasteiger partial charge in [-0.1, -0.05) is 41.5 Å². The lowest BCUT2D eigenvalue weighted by molar-refractivity contribution is 0.233. The Labute approximate surface area is 102 Å². The summed E-state index contributed by atoms with van der Waals surface area (Å²) >= 11 is 0. The van der Waals surface area contributed by atoms with Crippen LogP contribution < -0.4 is 0 Å². The second kappa shape index (κ2) is 4.81. The lowest BCUT2D eigenvalue weighted by Gasteiger charge is -2.32. The molecule has 0 aromatic rings. The first-order valence-corrected chi connectivity index (χ1v) is 6.68. The number of rotatable bonds is 2. The summed E-state index contributed by atoms with van der Waals surface area (Å²) in [5, 5.41) is 0. The van der Waals surface area contributed by atoms with Crippen molar-refractivity contribution in [3.63, 3.8) is 0 Å². The van der Waals surface area contributed by atoms with Crippen LogP contribution in [-0.2, 0) is 0 Å². The summed E-state index contributed by atoms with van der Waals surface area (Å²) < 4.78 is 0. The summed E-state index contributed by atoms with van der Waals surface area (Å²) in [4.78, 5) is 2.51. The summed E-state index contributed by atoms with van der Waals surface area (Å²) in [6.07, 6.45) is 2.60. The van der Waals surface area contributed by atoms with Gasteiger partial charge in [0, 0.05) is 19.3 Å². The van der Waals surface area contributed by atoms with E-state index >= 15 is 0 Å². The van der Waals surface area contributed by atoms with Crippen LogP contribution in [0.3, 0.4) is 0 Å². The van der Waals surface area contributed by atoms with Crippen LogP contribution in [0, 0.1) is 17.3 Å². The van der Waals surface area contributed by atoms with Crippen LogP contribution in [-0.4, -0.2) is 18.5 Å². The molecule has 0 unspecified atom stereocenters. The van der Waals surface area contributed by atoms with Gasteiger partial charge < -0.3 is 4.90 Å². The Hall–Kier alpha value is -0.460. The van der Waals surface area contributed by atoms with E-state index in [9.17, 15) is 0 Å². The molecule has 1 heterocycles. The number of allylic oxidation sites excluding steroid dienone is 2. The normalized spacial score (nSPS) is 21.9. The van der Waals surface area contributed by atoms with E-state index in [4.69, 9.17) is 0 Å². The first kappa shape index (κ1) is 13.6. The second-order valence-corrected chi connectivity index (χ2v) is 6.74. The van der Waals surface area contributed by atoms with Crippen molar-refractivity contribution in [1.82, 2.24) is 4.90 Å². The van der Waals surface area contributed by atoms with Gasteiger partial charge in [0.1, 0.15) is 0 Å². The van der Waals surface area contributed by atoms with E-state index in [1.54, 1.807) is 11.3 Å². The van der Waals surface area contributed by atoms with E-state index in [-0.39, 0.29) is 0 Å². The highest BCUT2D eigenvalue weighted by molar-refractivity contribution is 5.19. The minimum absolute atomic E-state index is 0.450. The zero-order valence-electron chi connectivity index (χ0n) is 12.2. The highest BCUT2D eigenvalue weighted by Gasteiger charge is 2.28. The van der Waals surface area contributed by atoms with Gasteiger partial charge in [-0.2, -0.15) is 0 Å². The fourth-order valence-corrected chi connectivity index (χ4v) is 3.05. The van der Waals surface area contributed by atoms with E-state index in [1.165, 1.54) is 19.4 Å². The Bertz CT molecular complexity index is 271. The van der Waals surface area contributed by atoms with Crippen LogP contribution in [0.5, 0.6) is 0 Å². The molecule has 0 aromatic carbocycles. The molecule has 0 bridgehead atoms. The lowest BCUT2D eigenvalue weighted by atomic mass is 9.85. The Kier molecular flexibility index (Phi) is 4.09. The highest BCUT2D eigenvalue weighted by atomic mass is 15.1. The molecule has 1 nitrogen and oxygen atoms in total. The molecule has 0 aliphatic carbocycles. The Morgan fingerprint density at radius 3 is 2.06 bits per heavy atom. The van der Waals surface area contributed by atoms with Crippen molar-refractivity contribution in [3.05, 3.63) is 11.3 Å². The minimum atomic E-state index is 0.450. The van der Waals surface area contributed by atoms with E-state index in [0.717, 1.165) is 0 Å². The topological polar surface area (TPSA) is 3.24 Å². The molecular formula is C15H29N. The summed E-state index contributed by atoms with van der Waals surface area (Å²) in [6, 6.07) is 0. The van der Waals surface area contributed by atoms with E-state index in [2.05, 4.69) is 53.5 Å². The van der Waals surface area contributed by atoms with Gasteiger partial charge in [0.2, 0.25) is 0 Å². The van der Waals surface area contributed by atoms with Crippen LogP contribution in [0.2, 0.25) is 0 Å². The van der Waals surface area contributed by atoms with Gasteiger partial charge in [0.15, 0.2) is 0 Å². The fourth-order valence-electron chi connectivity index (χ4n) is 3.05. The van der Waals surface area contributed by atoms with Crippen molar-refractivity contribution in [3.8, 4) is 0 Å². The zero-order chi connectivity index (χ0) is 12.5. The largest absolute Gasteiger partial charge is 0.377 e. The van der Waals surface area contributed by atoms with Crippen LogP contribution in [0.25, 0.3) is 0 Å². The summed E-state index contributed by atoms with van der Waals surface area (Å²) in [7, 11) is 2.27. The molecule has 16 heavy (non-hydrogen) atoms. The molecule has 0 N–H and O–H groups in total. The summed E-state index contributed by atoms with van der Waals surface area (Å²) in [6.45, 7) is 15.3. The van der Waals surface area contributed by atoms with E-state index in [1.807, 2.05) is 0 Å². The quantitative estimate of drug-likeness (QED) is 0.674. The van der Waals surface area contributed by atoms with Crippen molar-refractivity contribution >= 4 is 0 Å². The highest BCUT2D eigenvalue weighted by Crippen LogP contribution is 2.37. The third-order valence-electron chi connectivity index (χ3n) is 3.72. The molecule has 94 valence electrons. The Morgan fingerprint density at radius 1 is 1.06 bits per heavy atom. The molecule has 1 rings (SSSR count). The number of nitrogens with zero attached hydrogens (tertiary/aromatic N) is 1. The van der Waals surface area contributed by atoms with Gasteiger partial charge in [-0.15, -0.1) is 0 Å². The van der Waals surface area contributed by atoms with Crippen molar-refractivity contribution in [2.24, 2.45) is 17.3 Å². The third-order valence-corrected chi connectivity index (χ3v) is 3.72. The third kappa shape index (κ3) is 3.02. The van der Waals surface area contributed by atoms with Gasteiger partial charge in [-0.3, -0.25) is 0 Å². The van der Waals surface area contributed by atoms with Crippen LogP contribution >= 0.6 is 0 Å². The first-order valence-electron chi connectivity index (χ1n) is 6.68. The van der Waals surface area contributed by atoms with Crippen molar-refractivity contribution in [2.75, 3.05) is 13.6 Å². The van der Waals surface area contributed by atoms with Crippen LogP contribution in [0.15, 0.2) is 11.3 Å². The van der Waals surface area contributed by atoms with E-state index < -0.39 is 0 Å². The maximum absolute atomic E-state index is 2.51. The first-order chi connectivity index (χ1) is 7.24. The molecule has 0 saturated carbocycles. The van der Waals surface area contributed by atoms with E-state index in [0.29, 0.717) is 17.3 Å². The lowest BCUT2D eigenvalue weighted by Crippen LogP contribution is -2.31. The summed E-state index contributed by atoms with van der Waals surface area (Å²) in [5.41, 5.74) is 3.73. The molecule has 0 spiro atoms. The predicted molar refractivity (Wildman–Crippen MR) is 72.3 cm³/mol. The SMILES string of the molecule is CC(C)C1=C(C(C)C)N(C)CC(C)(C)CC1. The van der Waals surface area contributed by atoms with Crippen LogP contribution in [0.1, 0.15) is 54.4 Å². The Balaban J connectivity index is 3.08. The van der Waals surface area contributed by atoms with Gasteiger partial charge in [0.05, 0.1) is 0 Å². The fraction of sp³-hybridized carbons (Fsp3) is 0.867. The molecule has 0 amide bonds. The van der Waals surface area contributed by atoms with Gasteiger partial charge in [0.25, 0.3) is 0 Å². The molecule has 0 aromatic heterocycles. The molecule has 1 aliphatic heterocycles. The zero-order valence-corrected chi connectivity index (χ0v) is 12.2. The van der Waals surface area contributed by atoms with Crippen LogP contribution in [0.4, 0.5) is 0 Å².